The first kappa shape index (κ1) is 25.4. The average Bonchev–Trinajstić information content (AvgIpc) is 2.90. The zero-order chi connectivity index (χ0) is 23.9. The Labute approximate surface area is 205 Å². The van der Waals surface area contributed by atoms with E-state index >= 15 is 0 Å². The van der Waals surface area contributed by atoms with Crippen molar-refractivity contribution in [1.29, 1.82) is 0 Å². The van der Waals surface area contributed by atoms with E-state index in [-0.39, 0.29) is 24.2 Å². The fourth-order valence-electron chi connectivity index (χ4n) is 7.14. The van der Waals surface area contributed by atoms with Gasteiger partial charge < -0.3 is 20.0 Å². The van der Waals surface area contributed by atoms with Crippen molar-refractivity contribution in [2.45, 2.75) is 153 Å². The summed E-state index contributed by atoms with van der Waals surface area (Å²) in [5, 5.41) is 22.0. The summed E-state index contributed by atoms with van der Waals surface area (Å²) >= 11 is 0. The third-order valence-corrected chi connectivity index (χ3v) is 8.97. The summed E-state index contributed by atoms with van der Waals surface area (Å²) in [6, 6.07) is 0.397. The Bertz CT molecular complexity index is 616. The van der Waals surface area contributed by atoms with Gasteiger partial charge in [0, 0.05) is 24.2 Å². The SMILES string of the molecule is O=C(/C(O)=C(/O)C(=O)N(C1CCCCC1)C1CCCCC1)N(C1CCCCC1)C1CCCCC1. The van der Waals surface area contributed by atoms with Crippen molar-refractivity contribution < 1.29 is 19.8 Å². The lowest BCUT2D eigenvalue weighted by atomic mass is 9.88. The second-order valence-electron chi connectivity index (χ2n) is 11.3. The number of carbonyl (C=O) groups excluding carboxylic acids is 2. The van der Waals surface area contributed by atoms with E-state index in [0.29, 0.717) is 0 Å². The maximum atomic E-state index is 13.7. The zero-order valence-electron chi connectivity index (χ0n) is 21.1. The lowest BCUT2D eigenvalue weighted by Crippen LogP contribution is -2.51. The molecule has 4 rings (SSSR count). The number of hydrogen-bond acceptors (Lipinski definition) is 4. The van der Waals surface area contributed by atoms with Crippen molar-refractivity contribution in [3.8, 4) is 0 Å². The molecule has 0 aliphatic heterocycles. The number of aliphatic hydroxyl groups excluding tert-OH is 2. The predicted octanol–water partition coefficient (Wildman–Crippen LogP) is 6.30. The largest absolute Gasteiger partial charge is 0.500 e. The molecular weight excluding hydrogens is 428 g/mol. The minimum atomic E-state index is -0.724. The molecule has 0 radical (unpaired) electrons. The molecule has 4 fully saturated rings. The first-order chi connectivity index (χ1) is 16.6. The third kappa shape index (κ3) is 5.91. The number of rotatable bonds is 6. The van der Waals surface area contributed by atoms with E-state index in [2.05, 4.69) is 0 Å². The van der Waals surface area contributed by atoms with E-state index < -0.39 is 23.3 Å². The van der Waals surface area contributed by atoms with Gasteiger partial charge >= 0.3 is 0 Å². The number of hydrogen-bond donors (Lipinski definition) is 2. The number of nitrogens with zero attached hydrogens (tertiary/aromatic N) is 2. The highest BCUT2D eigenvalue weighted by molar-refractivity contribution is 6.02. The summed E-state index contributed by atoms with van der Waals surface area (Å²) in [5.74, 6) is -2.51. The van der Waals surface area contributed by atoms with Crippen LogP contribution in [-0.2, 0) is 9.59 Å². The Kier molecular flexibility index (Phi) is 9.18. The number of carbonyl (C=O) groups is 2. The van der Waals surface area contributed by atoms with Crippen molar-refractivity contribution in [3.63, 3.8) is 0 Å². The lowest BCUT2D eigenvalue weighted by molar-refractivity contribution is -0.141. The van der Waals surface area contributed by atoms with Gasteiger partial charge in [0.05, 0.1) is 0 Å². The molecule has 2 N–H and O–H groups in total. The summed E-state index contributed by atoms with van der Waals surface area (Å²) in [5.41, 5.74) is 0. The van der Waals surface area contributed by atoms with Gasteiger partial charge in [-0.2, -0.15) is 0 Å². The molecule has 0 saturated heterocycles. The maximum absolute atomic E-state index is 13.7. The Hall–Kier alpha value is -1.72. The molecule has 6 nitrogen and oxygen atoms in total. The van der Waals surface area contributed by atoms with Crippen LogP contribution in [0.3, 0.4) is 0 Å². The molecule has 4 saturated carbocycles. The summed E-state index contributed by atoms with van der Waals surface area (Å²) in [6.45, 7) is 0. The van der Waals surface area contributed by atoms with Gasteiger partial charge in [-0.1, -0.05) is 77.0 Å². The van der Waals surface area contributed by atoms with Crippen LogP contribution in [0.5, 0.6) is 0 Å². The summed E-state index contributed by atoms with van der Waals surface area (Å²) < 4.78 is 0. The first-order valence-electron chi connectivity index (χ1n) is 14.4. The topological polar surface area (TPSA) is 81.1 Å². The Morgan fingerprint density at radius 3 is 0.824 bits per heavy atom. The van der Waals surface area contributed by atoms with Crippen LogP contribution in [0.15, 0.2) is 11.5 Å². The highest BCUT2D eigenvalue weighted by atomic mass is 16.3. The summed E-state index contributed by atoms with van der Waals surface area (Å²) in [4.78, 5) is 31.0. The fourth-order valence-corrected chi connectivity index (χ4v) is 7.14. The van der Waals surface area contributed by atoms with E-state index in [4.69, 9.17) is 0 Å². The van der Waals surface area contributed by atoms with Gasteiger partial charge in [0.1, 0.15) is 0 Å². The predicted molar refractivity (Wildman–Crippen MR) is 133 cm³/mol. The fraction of sp³-hybridized carbons (Fsp3) is 0.857. The van der Waals surface area contributed by atoms with Crippen LogP contribution in [0.25, 0.3) is 0 Å². The number of aliphatic hydroxyl groups is 2. The molecule has 0 aromatic carbocycles. The molecule has 2 amide bonds. The molecule has 4 aliphatic rings. The van der Waals surface area contributed by atoms with Gasteiger partial charge in [-0.15, -0.1) is 0 Å². The van der Waals surface area contributed by atoms with Crippen molar-refractivity contribution in [2.24, 2.45) is 0 Å². The van der Waals surface area contributed by atoms with Gasteiger partial charge in [0.2, 0.25) is 11.5 Å². The van der Waals surface area contributed by atoms with Crippen LogP contribution in [0.2, 0.25) is 0 Å². The van der Waals surface area contributed by atoms with Gasteiger partial charge in [-0.25, -0.2) is 0 Å². The van der Waals surface area contributed by atoms with Crippen LogP contribution in [0, 0.1) is 0 Å². The standard InChI is InChI=1S/C28H46N2O4/c31-25(27(33)29(21-13-5-1-6-14-21)22-15-7-2-8-16-22)26(32)28(34)30(23-17-9-3-10-18-23)24-19-11-4-12-20-24/h21-24,31-32H,1-20H2/b26-25-. The molecule has 0 atom stereocenters. The molecule has 6 heteroatoms. The Morgan fingerprint density at radius 2 is 0.618 bits per heavy atom. The molecular formula is C28H46N2O4. The highest BCUT2D eigenvalue weighted by Crippen LogP contribution is 2.33. The minimum absolute atomic E-state index is 0.0993. The molecule has 0 spiro atoms. The van der Waals surface area contributed by atoms with Crippen LogP contribution >= 0.6 is 0 Å². The third-order valence-electron chi connectivity index (χ3n) is 8.97. The molecule has 192 valence electrons. The molecule has 34 heavy (non-hydrogen) atoms. The van der Waals surface area contributed by atoms with Gasteiger partial charge in [-0.3, -0.25) is 9.59 Å². The average molecular weight is 475 g/mol. The Morgan fingerprint density at radius 1 is 0.412 bits per heavy atom. The molecule has 0 bridgehead atoms. The Balaban J connectivity index is 1.58. The zero-order valence-corrected chi connectivity index (χ0v) is 21.1. The van der Waals surface area contributed by atoms with E-state index in [1.165, 1.54) is 25.7 Å². The monoisotopic (exact) mass is 474 g/mol. The maximum Gasteiger partial charge on any atom is 0.293 e. The smallest absolute Gasteiger partial charge is 0.293 e. The van der Waals surface area contributed by atoms with Crippen molar-refractivity contribution in [1.82, 2.24) is 9.80 Å². The molecule has 0 aromatic rings. The molecule has 0 aromatic heterocycles. The van der Waals surface area contributed by atoms with Gasteiger partial charge in [0.15, 0.2) is 0 Å². The molecule has 0 unspecified atom stereocenters. The second kappa shape index (κ2) is 12.3. The van der Waals surface area contributed by atoms with Crippen LogP contribution < -0.4 is 0 Å². The van der Waals surface area contributed by atoms with Crippen LogP contribution in [0.4, 0.5) is 0 Å². The van der Waals surface area contributed by atoms with Gasteiger partial charge in [0.25, 0.3) is 11.8 Å². The first-order valence-corrected chi connectivity index (χ1v) is 14.4. The summed E-state index contributed by atoms with van der Waals surface area (Å²) in [6.07, 6.45) is 21.0. The van der Waals surface area contributed by atoms with Crippen molar-refractivity contribution in [2.75, 3.05) is 0 Å². The molecule has 4 aliphatic carbocycles. The molecule has 0 heterocycles. The quantitative estimate of drug-likeness (QED) is 0.349. The van der Waals surface area contributed by atoms with Crippen LogP contribution in [-0.4, -0.2) is 56.0 Å². The van der Waals surface area contributed by atoms with E-state index in [1.807, 2.05) is 9.80 Å². The van der Waals surface area contributed by atoms with E-state index in [1.54, 1.807) is 0 Å². The normalized spacial score (nSPS) is 24.9. The summed E-state index contributed by atoms with van der Waals surface area (Å²) in [7, 11) is 0. The number of amides is 2. The van der Waals surface area contributed by atoms with Crippen molar-refractivity contribution in [3.05, 3.63) is 11.5 Å². The van der Waals surface area contributed by atoms with E-state index in [0.717, 1.165) is 103 Å². The minimum Gasteiger partial charge on any atom is -0.500 e. The lowest BCUT2D eigenvalue weighted by Gasteiger charge is -2.42. The van der Waals surface area contributed by atoms with Crippen molar-refractivity contribution >= 4 is 11.8 Å². The van der Waals surface area contributed by atoms with Crippen LogP contribution in [0.1, 0.15) is 128 Å². The second-order valence-corrected chi connectivity index (χ2v) is 11.3. The van der Waals surface area contributed by atoms with E-state index in [9.17, 15) is 19.8 Å². The van der Waals surface area contributed by atoms with Gasteiger partial charge in [-0.05, 0) is 51.4 Å². The highest BCUT2D eigenvalue weighted by Gasteiger charge is 2.39.